The van der Waals surface area contributed by atoms with E-state index in [-0.39, 0.29) is 5.91 Å². The Balaban J connectivity index is 2.73. The molecule has 4 nitrogen and oxygen atoms in total. The number of hydrogen-bond acceptors (Lipinski definition) is 3. The molecular formula is C6H9N3OS. The normalized spacial score (nSPS) is 16.7. The zero-order chi connectivity index (χ0) is 8.43. The molecule has 1 aliphatic rings. The highest BCUT2D eigenvalue weighted by Gasteiger charge is 2.23. The predicted molar refractivity (Wildman–Crippen MR) is 46.2 cm³/mol. The molecule has 0 aromatic heterocycles. The molecule has 0 spiro atoms. The summed E-state index contributed by atoms with van der Waals surface area (Å²) in [5.74, 6) is -0.0677. The highest BCUT2D eigenvalue weighted by molar-refractivity contribution is 7.80. The fourth-order valence-electron chi connectivity index (χ4n) is 0.820. The van der Waals surface area contributed by atoms with Gasteiger partial charge in [0.15, 0.2) is 5.11 Å². The van der Waals surface area contributed by atoms with Crippen molar-refractivity contribution in [3.05, 3.63) is 0 Å². The minimum absolute atomic E-state index is 0.0677. The lowest BCUT2D eigenvalue weighted by Gasteiger charge is -2.10. The van der Waals surface area contributed by atoms with E-state index in [1.54, 1.807) is 14.0 Å². The SMILES string of the molecule is CNC(=S)N1N=C(C)CC1=O. The number of hydrogen-bond donors (Lipinski definition) is 1. The zero-order valence-electron chi connectivity index (χ0n) is 6.42. The first-order valence-corrected chi connectivity index (χ1v) is 3.64. The summed E-state index contributed by atoms with van der Waals surface area (Å²) in [4.78, 5) is 11.1. The lowest BCUT2D eigenvalue weighted by Crippen LogP contribution is -2.35. The highest BCUT2D eigenvalue weighted by Crippen LogP contribution is 2.07. The third-order valence-corrected chi connectivity index (χ3v) is 1.70. The van der Waals surface area contributed by atoms with Crippen molar-refractivity contribution in [1.82, 2.24) is 10.3 Å². The summed E-state index contributed by atoms with van der Waals surface area (Å²) in [6, 6.07) is 0. The van der Waals surface area contributed by atoms with Gasteiger partial charge in [-0.15, -0.1) is 0 Å². The molecule has 0 atom stereocenters. The van der Waals surface area contributed by atoms with Gasteiger partial charge in [-0.1, -0.05) is 0 Å². The summed E-state index contributed by atoms with van der Waals surface area (Å²) in [7, 11) is 1.67. The number of carbonyl (C=O) groups is 1. The number of thiocarbonyl (C=S) groups is 1. The summed E-state index contributed by atoms with van der Waals surface area (Å²) in [6.07, 6.45) is 0.377. The summed E-state index contributed by atoms with van der Waals surface area (Å²) < 4.78 is 0. The Kier molecular flexibility index (Phi) is 2.19. The summed E-state index contributed by atoms with van der Waals surface area (Å²) in [5, 5.41) is 8.19. The lowest BCUT2D eigenvalue weighted by molar-refractivity contribution is -0.125. The molecule has 0 saturated carbocycles. The second kappa shape index (κ2) is 2.96. The van der Waals surface area contributed by atoms with Crippen molar-refractivity contribution in [3.8, 4) is 0 Å². The maximum atomic E-state index is 11.1. The molecule has 11 heavy (non-hydrogen) atoms. The van der Waals surface area contributed by atoms with E-state index in [9.17, 15) is 4.79 Å². The maximum Gasteiger partial charge on any atom is 0.255 e. The van der Waals surface area contributed by atoms with Gasteiger partial charge in [0.25, 0.3) is 5.91 Å². The van der Waals surface area contributed by atoms with Crippen molar-refractivity contribution >= 4 is 28.9 Å². The van der Waals surface area contributed by atoms with Gasteiger partial charge in [-0.05, 0) is 19.1 Å². The summed E-state index contributed by atoms with van der Waals surface area (Å²) in [5.41, 5.74) is 0.799. The Morgan fingerprint density at radius 3 is 2.82 bits per heavy atom. The molecule has 0 aromatic carbocycles. The number of amides is 1. The summed E-state index contributed by atoms with van der Waals surface area (Å²) >= 11 is 4.83. The highest BCUT2D eigenvalue weighted by atomic mass is 32.1. The second-order valence-electron chi connectivity index (χ2n) is 2.27. The summed E-state index contributed by atoms with van der Waals surface area (Å²) in [6.45, 7) is 1.80. The standard InChI is InChI=1S/C6H9N3OS/c1-4-3-5(10)9(8-4)6(11)7-2/h3H2,1-2H3,(H,7,11). The first-order valence-electron chi connectivity index (χ1n) is 3.24. The van der Waals surface area contributed by atoms with Gasteiger partial charge in [0.1, 0.15) is 0 Å². The van der Waals surface area contributed by atoms with Gasteiger partial charge in [-0.3, -0.25) is 4.79 Å². The van der Waals surface area contributed by atoms with Crippen molar-refractivity contribution in [2.24, 2.45) is 5.10 Å². The van der Waals surface area contributed by atoms with Gasteiger partial charge in [-0.25, -0.2) is 0 Å². The Morgan fingerprint density at radius 2 is 2.45 bits per heavy atom. The van der Waals surface area contributed by atoms with E-state index in [4.69, 9.17) is 12.2 Å². The molecule has 0 fully saturated rings. The van der Waals surface area contributed by atoms with Gasteiger partial charge in [-0.2, -0.15) is 10.1 Å². The molecule has 0 bridgehead atoms. The van der Waals surface area contributed by atoms with Crippen LogP contribution in [0.3, 0.4) is 0 Å². The Labute approximate surface area is 70.3 Å². The Bertz CT molecular complexity index is 236. The molecule has 5 heteroatoms. The van der Waals surface area contributed by atoms with Crippen LogP contribution in [-0.4, -0.2) is 28.8 Å². The molecule has 1 heterocycles. The van der Waals surface area contributed by atoms with E-state index in [0.29, 0.717) is 11.5 Å². The van der Waals surface area contributed by atoms with Crippen molar-refractivity contribution in [1.29, 1.82) is 0 Å². The molecule has 1 rings (SSSR count). The Morgan fingerprint density at radius 1 is 1.82 bits per heavy atom. The fraction of sp³-hybridized carbons (Fsp3) is 0.500. The molecule has 0 unspecified atom stereocenters. The van der Waals surface area contributed by atoms with Gasteiger partial charge >= 0.3 is 0 Å². The van der Waals surface area contributed by atoms with Crippen LogP contribution in [-0.2, 0) is 4.79 Å². The van der Waals surface area contributed by atoms with E-state index < -0.39 is 0 Å². The fourth-order valence-corrected chi connectivity index (χ4v) is 0.963. The lowest BCUT2D eigenvalue weighted by atomic mass is 10.3. The van der Waals surface area contributed by atoms with Crippen LogP contribution in [0.5, 0.6) is 0 Å². The minimum atomic E-state index is -0.0677. The van der Waals surface area contributed by atoms with Crippen LogP contribution in [0.4, 0.5) is 0 Å². The average molecular weight is 171 g/mol. The topological polar surface area (TPSA) is 44.7 Å². The molecule has 0 saturated heterocycles. The molecule has 1 amide bonds. The van der Waals surface area contributed by atoms with Crippen molar-refractivity contribution in [2.75, 3.05) is 7.05 Å². The van der Waals surface area contributed by atoms with Crippen molar-refractivity contribution < 1.29 is 4.79 Å². The molecule has 0 aliphatic carbocycles. The largest absolute Gasteiger partial charge is 0.364 e. The molecule has 60 valence electrons. The number of nitrogens with zero attached hydrogens (tertiary/aromatic N) is 2. The minimum Gasteiger partial charge on any atom is -0.364 e. The molecule has 0 aromatic rings. The van der Waals surface area contributed by atoms with E-state index in [1.165, 1.54) is 5.01 Å². The zero-order valence-corrected chi connectivity index (χ0v) is 7.23. The van der Waals surface area contributed by atoms with Gasteiger partial charge in [0, 0.05) is 12.8 Å². The third-order valence-electron chi connectivity index (χ3n) is 1.32. The van der Waals surface area contributed by atoms with Crippen LogP contribution in [0.25, 0.3) is 0 Å². The second-order valence-corrected chi connectivity index (χ2v) is 2.66. The predicted octanol–water partition coefficient (Wildman–Crippen LogP) is 0.0989. The van der Waals surface area contributed by atoms with E-state index in [1.807, 2.05) is 0 Å². The van der Waals surface area contributed by atoms with Crippen LogP contribution in [0.2, 0.25) is 0 Å². The van der Waals surface area contributed by atoms with Crippen molar-refractivity contribution in [3.63, 3.8) is 0 Å². The van der Waals surface area contributed by atoms with Crippen molar-refractivity contribution in [2.45, 2.75) is 13.3 Å². The number of hydrazone groups is 1. The number of rotatable bonds is 0. The van der Waals surface area contributed by atoms with Crippen LogP contribution in [0.1, 0.15) is 13.3 Å². The maximum absolute atomic E-state index is 11.1. The van der Waals surface area contributed by atoms with Gasteiger partial charge in [0.05, 0.1) is 6.42 Å². The number of nitrogens with one attached hydrogen (secondary N) is 1. The smallest absolute Gasteiger partial charge is 0.255 e. The number of carbonyl (C=O) groups excluding carboxylic acids is 1. The van der Waals surface area contributed by atoms with E-state index in [0.717, 1.165) is 5.71 Å². The third kappa shape index (κ3) is 1.54. The molecular weight excluding hydrogens is 162 g/mol. The quantitative estimate of drug-likeness (QED) is 0.526. The van der Waals surface area contributed by atoms with Crippen LogP contribution in [0, 0.1) is 0 Å². The van der Waals surface area contributed by atoms with Crippen LogP contribution < -0.4 is 5.32 Å². The average Bonchev–Trinajstić information content (AvgIpc) is 2.28. The molecule has 1 aliphatic heterocycles. The van der Waals surface area contributed by atoms with Crippen LogP contribution in [0.15, 0.2) is 5.10 Å². The van der Waals surface area contributed by atoms with E-state index in [2.05, 4.69) is 10.4 Å². The van der Waals surface area contributed by atoms with Gasteiger partial charge < -0.3 is 5.32 Å². The first-order chi connectivity index (χ1) is 5.15. The molecule has 1 N–H and O–H groups in total. The van der Waals surface area contributed by atoms with Gasteiger partial charge in [0.2, 0.25) is 0 Å². The van der Waals surface area contributed by atoms with Crippen LogP contribution >= 0.6 is 12.2 Å². The monoisotopic (exact) mass is 171 g/mol. The molecule has 0 radical (unpaired) electrons. The first kappa shape index (κ1) is 8.13. The Hall–Kier alpha value is -0.970. The van der Waals surface area contributed by atoms with E-state index >= 15 is 0 Å².